The van der Waals surface area contributed by atoms with Crippen LogP contribution in [0.3, 0.4) is 0 Å². The standard InChI is InChI=1S/C22H16N4O2/c27-26(28)21-14-10-18(11-15-21)7-6-17-8-12-20(13-9-17)25-16-22(23-24-25)19-4-2-1-3-5-19/h1-16H/b7-6+. The van der Waals surface area contributed by atoms with Crippen LogP contribution in [-0.4, -0.2) is 19.9 Å². The first kappa shape index (κ1) is 17.4. The number of nitro benzene ring substituents is 1. The number of nitrogens with zero attached hydrogens (tertiary/aromatic N) is 4. The lowest BCUT2D eigenvalue weighted by molar-refractivity contribution is -0.384. The van der Waals surface area contributed by atoms with Crippen molar-refractivity contribution in [3.63, 3.8) is 0 Å². The lowest BCUT2D eigenvalue weighted by atomic mass is 10.1. The Hall–Kier alpha value is -4.06. The van der Waals surface area contributed by atoms with Gasteiger partial charge in [-0.15, -0.1) is 5.10 Å². The molecule has 6 nitrogen and oxygen atoms in total. The molecule has 0 aliphatic carbocycles. The molecule has 0 aliphatic rings. The van der Waals surface area contributed by atoms with Gasteiger partial charge in [0.05, 0.1) is 16.8 Å². The zero-order valence-electron chi connectivity index (χ0n) is 14.8. The Morgan fingerprint density at radius 3 is 2.04 bits per heavy atom. The first-order valence-corrected chi connectivity index (χ1v) is 8.70. The van der Waals surface area contributed by atoms with Gasteiger partial charge in [-0.1, -0.05) is 59.8 Å². The molecular formula is C22H16N4O2. The van der Waals surface area contributed by atoms with Gasteiger partial charge in [0, 0.05) is 17.7 Å². The van der Waals surface area contributed by atoms with E-state index in [2.05, 4.69) is 10.3 Å². The van der Waals surface area contributed by atoms with Crippen LogP contribution in [0.5, 0.6) is 0 Å². The quantitative estimate of drug-likeness (QED) is 0.282. The Kier molecular flexibility index (Phi) is 4.76. The summed E-state index contributed by atoms with van der Waals surface area (Å²) in [5, 5.41) is 19.1. The molecule has 3 aromatic carbocycles. The summed E-state index contributed by atoms with van der Waals surface area (Å²) in [5.41, 5.74) is 4.77. The van der Waals surface area contributed by atoms with Crippen molar-refractivity contribution in [2.75, 3.05) is 0 Å². The molecule has 6 heteroatoms. The molecule has 0 spiro atoms. The van der Waals surface area contributed by atoms with E-state index in [0.29, 0.717) is 0 Å². The van der Waals surface area contributed by atoms with Crippen molar-refractivity contribution >= 4 is 17.8 Å². The summed E-state index contributed by atoms with van der Waals surface area (Å²) in [6, 6.07) is 24.3. The second kappa shape index (κ2) is 7.67. The zero-order valence-corrected chi connectivity index (χ0v) is 14.8. The van der Waals surface area contributed by atoms with Crippen molar-refractivity contribution in [2.45, 2.75) is 0 Å². The first-order chi connectivity index (χ1) is 13.7. The molecule has 0 aliphatic heterocycles. The molecule has 136 valence electrons. The van der Waals surface area contributed by atoms with E-state index < -0.39 is 4.92 Å². The maximum atomic E-state index is 10.7. The van der Waals surface area contributed by atoms with Gasteiger partial charge in [-0.05, 0) is 35.4 Å². The topological polar surface area (TPSA) is 73.8 Å². The molecule has 0 saturated carbocycles. The lowest BCUT2D eigenvalue weighted by Crippen LogP contribution is -1.94. The highest BCUT2D eigenvalue weighted by atomic mass is 16.6. The molecule has 1 aromatic heterocycles. The lowest BCUT2D eigenvalue weighted by Gasteiger charge is -2.01. The second-order valence-corrected chi connectivity index (χ2v) is 6.19. The van der Waals surface area contributed by atoms with E-state index in [-0.39, 0.29) is 5.69 Å². The van der Waals surface area contributed by atoms with Gasteiger partial charge in [0.1, 0.15) is 5.69 Å². The molecule has 0 amide bonds. The van der Waals surface area contributed by atoms with Crippen LogP contribution >= 0.6 is 0 Å². The van der Waals surface area contributed by atoms with Gasteiger partial charge >= 0.3 is 0 Å². The Morgan fingerprint density at radius 2 is 1.43 bits per heavy atom. The summed E-state index contributed by atoms with van der Waals surface area (Å²) < 4.78 is 1.74. The van der Waals surface area contributed by atoms with Crippen LogP contribution in [-0.2, 0) is 0 Å². The van der Waals surface area contributed by atoms with E-state index in [1.807, 2.05) is 72.9 Å². The highest BCUT2D eigenvalue weighted by molar-refractivity contribution is 5.70. The molecule has 0 radical (unpaired) electrons. The fourth-order valence-electron chi connectivity index (χ4n) is 2.77. The average Bonchev–Trinajstić information content (AvgIpc) is 3.24. The molecular weight excluding hydrogens is 352 g/mol. The second-order valence-electron chi connectivity index (χ2n) is 6.19. The summed E-state index contributed by atoms with van der Waals surface area (Å²) in [5.74, 6) is 0. The molecule has 28 heavy (non-hydrogen) atoms. The van der Waals surface area contributed by atoms with E-state index in [0.717, 1.165) is 28.1 Å². The maximum absolute atomic E-state index is 10.7. The Bertz CT molecular complexity index is 1120. The predicted octanol–water partition coefficient (Wildman–Crippen LogP) is 5.01. The minimum Gasteiger partial charge on any atom is -0.258 e. The van der Waals surface area contributed by atoms with Crippen LogP contribution in [0.4, 0.5) is 5.69 Å². The number of aromatic nitrogens is 3. The molecule has 0 atom stereocenters. The minimum absolute atomic E-state index is 0.0872. The van der Waals surface area contributed by atoms with Crippen LogP contribution in [0.15, 0.2) is 85.1 Å². The SMILES string of the molecule is O=[N+]([O-])c1ccc(/C=C/c2ccc(-n3cc(-c4ccccc4)nn3)cc2)cc1. The van der Waals surface area contributed by atoms with Gasteiger partial charge < -0.3 is 0 Å². The van der Waals surface area contributed by atoms with E-state index in [1.54, 1.807) is 16.8 Å². The van der Waals surface area contributed by atoms with Crippen LogP contribution in [0, 0.1) is 10.1 Å². The van der Waals surface area contributed by atoms with E-state index in [1.165, 1.54) is 12.1 Å². The normalized spacial score (nSPS) is 11.0. The van der Waals surface area contributed by atoms with E-state index in [9.17, 15) is 10.1 Å². The minimum atomic E-state index is -0.403. The van der Waals surface area contributed by atoms with Crippen molar-refractivity contribution in [2.24, 2.45) is 0 Å². The largest absolute Gasteiger partial charge is 0.269 e. The van der Waals surface area contributed by atoms with Crippen molar-refractivity contribution in [1.82, 2.24) is 15.0 Å². The van der Waals surface area contributed by atoms with Gasteiger partial charge in [-0.2, -0.15) is 0 Å². The van der Waals surface area contributed by atoms with Gasteiger partial charge in [-0.3, -0.25) is 10.1 Å². The summed E-state index contributed by atoms with van der Waals surface area (Å²) in [7, 11) is 0. The number of hydrogen-bond acceptors (Lipinski definition) is 4. The fourth-order valence-corrected chi connectivity index (χ4v) is 2.77. The molecule has 4 aromatic rings. The predicted molar refractivity (Wildman–Crippen MR) is 109 cm³/mol. The van der Waals surface area contributed by atoms with E-state index in [4.69, 9.17) is 0 Å². The third kappa shape index (κ3) is 3.86. The average molecular weight is 368 g/mol. The highest BCUT2D eigenvalue weighted by Gasteiger charge is 2.05. The Morgan fingerprint density at radius 1 is 0.821 bits per heavy atom. The van der Waals surface area contributed by atoms with Crippen LogP contribution in [0.1, 0.15) is 11.1 Å². The number of nitro groups is 1. The Labute approximate surface area is 161 Å². The number of non-ortho nitro benzene ring substituents is 1. The number of rotatable bonds is 5. The van der Waals surface area contributed by atoms with Gasteiger partial charge in [0.25, 0.3) is 5.69 Å². The molecule has 0 fully saturated rings. The van der Waals surface area contributed by atoms with Gasteiger partial charge in [-0.25, -0.2) is 4.68 Å². The fraction of sp³-hybridized carbons (Fsp3) is 0. The van der Waals surface area contributed by atoms with Crippen molar-refractivity contribution in [3.05, 3.63) is 106 Å². The first-order valence-electron chi connectivity index (χ1n) is 8.70. The van der Waals surface area contributed by atoms with E-state index >= 15 is 0 Å². The van der Waals surface area contributed by atoms with Crippen LogP contribution in [0.2, 0.25) is 0 Å². The molecule has 4 rings (SSSR count). The number of hydrogen-bond donors (Lipinski definition) is 0. The van der Waals surface area contributed by atoms with Crippen molar-refractivity contribution in [3.8, 4) is 16.9 Å². The third-order valence-electron chi connectivity index (χ3n) is 4.29. The smallest absolute Gasteiger partial charge is 0.258 e. The van der Waals surface area contributed by atoms with Crippen molar-refractivity contribution in [1.29, 1.82) is 0 Å². The maximum Gasteiger partial charge on any atom is 0.269 e. The molecule has 0 unspecified atom stereocenters. The zero-order chi connectivity index (χ0) is 19.3. The van der Waals surface area contributed by atoms with Crippen molar-refractivity contribution < 1.29 is 4.92 Å². The molecule has 0 saturated heterocycles. The summed E-state index contributed by atoms with van der Waals surface area (Å²) >= 11 is 0. The molecule has 0 N–H and O–H groups in total. The molecule has 0 bridgehead atoms. The van der Waals surface area contributed by atoms with Crippen LogP contribution in [0.25, 0.3) is 29.1 Å². The van der Waals surface area contributed by atoms with Crippen LogP contribution < -0.4 is 0 Å². The van der Waals surface area contributed by atoms with Gasteiger partial charge in [0.15, 0.2) is 0 Å². The molecule has 1 heterocycles. The monoisotopic (exact) mass is 368 g/mol. The van der Waals surface area contributed by atoms with Gasteiger partial charge in [0.2, 0.25) is 0 Å². The Balaban J connectivity index is 1.48. The number of benzene rings is 3. The summed E-state index contributed by atoms with van der Waals surface area (Å²) in [4.78, 5) is 10.3. The summed E-state index contributed by atoms with van der Waals surface area (Å²) in [6.07, 6.45) is 5.78. The highest BCUT2D eigenvalue weighted by Crippen LogP contribution is 2.18. The third-order valence-corrected chi connectivity index (χ3v) is 4.29. The summed E-state index contributed by atoms with van der Waals surface area (Å²) in [6.45, 7) is 0.